The summed E-state index contributed by atoms with van der Waals surface area (Å²) in [5.74, 6) is -1.34. The normalized spacial score (nSPS) is 45.2. The van der Waals surface area contributed by atoms with E-state index in [0.29, 0.717) is 6.61 Å². The van der Waals surface area contributed by atoms with Gasteiger partial charge in [-0.05, 0) is 13.3 Å². The van der Waals surface area contributed by atoms with Crippen LogP contribution in [0.15, 0.2) is 4.99 Å². The molecule has 1 saturated carbocycles. The van der Waals surface area contributed by atoms with E-state index in [1.807, 2.05) is 6.92 Å². The van der Waals surface area contributed by atoms with Crippen LogP contribution in [-0.2, 0) is 9.47 Å². The van der Waals surface area contributed by atoms with E-state index in [0.717, 1.165) is 32.1 Å². The lowest BCUT2D eigenvalue weighted by Crippen LogP contribution is -2.39. The molecule has 0 amide bonds. The van der Waals surface area contributed by atoms with Crippen molar-refractivity contribution in [3.8, 4) is 12.1 Å². The Balaban J connectivity index is 1.90. The highest BCUT2D eigenvalue weighted by molar-refractivity contribution is 5.98. The lowest BCUT2D eigenvalue weighted by atomic mass is 9.94. The van der Waals surface area contributed by atoms with Crippen molar-refractivity contribution in [3.63, 3.8) is 0 Å². The number of nitrogens with two attached hydrogens (primary N) is 1. The standard InChI is InChI=1S/C16H22N4O2/c1-3-4-5-6-7-12-14(9-17)13(19)20-16(15(12,14)10-18)21-8-11(2)22-16/h11-12H,3-8H2,1-2H3,(H2,19,20)/t11-,12-,14+,15+,16+/m0/s1. The van der Waals surface area contributed by atoms with Crippen molar-refractivity contribution in [1.29, 1.82) is 10.5 Å². The van der Waals surface area contributed by atoms with Gasteiger partial charge in [-0.1, -0.05) is 32.6 Å². The Morgan fingerprint density at radius 2 is 2.09 bits per heavy atom. The van der Waals surface area contributed by atoms with Crippen LogP contribution < -0.4 is 5.73 Å². The summed E-state index contributed by atoms with van der Waals surface area (Å²) in [5.41, 5.74) is 3.93. The number of hydrogen-bond donors (Lipinski definition) is 1. The highest BCUT2D eigenvalue weighted by Gasteiger charge is 2.93. The minimum atomic E-state index is -1.38. The van der Waals surface area contributed by atoms with Gasteiger partial charge in [0.05, 0.1) is 24.8 Å². The Labute approximate surface area is 130 Å². The Bertz CT molecular complexity index is 592. The first-order chi connectivity index (χ1) is 10.5. The van der Waals surface area contributed by atoms with E-state index >= 15 is 0 Å². The molecule has 2 aliphatic heterocycles. The molecule has 1 aliphatic carbocycles. The van der Waals surface area contributed by atoms with Gasteiger partial charge in [0.1, 0.15) is 11.3 Å². The van der Waals surface area contributed by atoms with Crippen molar-refractivity contribution in [3.05, 3.63) is 0 Å². The zero-order valence-corrected chi connectivity index (χ0v) is 13.1. The highest BCUT2D eigenvalue weighted by Crippen LogP contribution is 2.79. The van der Waals surface area contributed by atoms with Gasteiger partial charge in [0, 0.05) is 5.92 Å². The minimum Gasteiger partial charge on any atom is -0.386 e. The predicted octanol–water partition coefficient (Wildman–Crippen LogP) is 2.07. The summed E-state index contributed by atoms with van der Waals surface area (Å²) < 4.78 is 11.6. The van der Waals surface area contributed by atoms with Crippen molar-refractivity contribution < 1.29 is 9.47 Å². The molecule has 1 spiro atoms. The number of amidine groups is 1. The molecule has 2 fully saturated rings. The predicted molar refractivity (Wildman–Crippen MR) is 79.2 cm³/mol. The van der Waals surface area contributed by atoms with E-state index in [2.05, 4.69) is 24.1 Å². The van der Waals surface area contributed by atoms with Crippen LogP contribution in [0.1, 0.15) is 46.0 Å². The molecule has 0 bridgehead atoms. The molecule has 22 heavy (non-hydrogen) atoms. The molecule has 0 radical (unpaired) electrons. The monoisotopic (exact) mass is 302 g/mol. The maximum Gasteiger partial charge on any atom is 0.293 e. The molecule has 0 aromatic carbocycles. The van der Waals surface area contributed by atoms with Crippen LogP contribution in [0.25, 0.3) is 0 Å². The van der Waals surface area contributed by atoms with Gasteiger partial charge in [-0.15, -0.1) is 0 Å². The number of ether oxygens (including phenoxy) is 2. The summed E-state index contributed by atoms with van der Waals surface area (Å²) in [6, 6.07) is 4.59. The topological polar surface area (TPSA) is 104 Å². The van der Waals surface area contributed by atoms with Gasteiger partial charge in [0.15, 0.2) is 5.41 Å². The molecule has 2 heterocycles. The van der Waals surface area contributed by atoms with Crippen molar-refractivity contribution in [2.45, 2.75) is 58.0 Å². The largest absolute Gasteiger partial charge is 0.386 e. The number of fused-ring (bicyclic) bond motifs is 2. The Morgan fingerprint density at radius 1 is 1.32 bits per heavy atom. The number of aliphatic imine (C=N–C) groups is 1. The molecule has 118 valence electrons. The van der Waals surface area contributed by atoms with E-state index in [9.17, 15) is 10.5 Å². The first kappa shape index (κ1) is 15.3. The van der Waals surface area contributed by atoms with Gasteiger partial charge in [0.2, 0.25) is 0 Å². The first-order valence-electron chi connectivity index (χ1n) is 8.04. The van der Waals surface area contributed by atoms with Crippen LogP contribution >= 0.6 is 0 Å². The van der Waals surface area contributed by atoms with E-state index in [1.54, 1.807) is 0 Å². The molecule has 3 rings (SSSR count). The maximum absolute atomic E-state index is 9.88. The zero-order chi connectivity index (χ0) is 16.0. The van der Waals surface area contributed by atoms with Crippen molar-refractivity contribution >= 4 is 5.84 Å². The highest BCUT2D eigenvalue weighted by atomic mass is 16.8. The maximum atomic E-state index is 9.88. The van der Waals surface area contributed by atoms with E-state index in [1.165, 1.54) is 0 Å². The van der Waals surface area contributed by atoms with E-state index < -0.39 is 16.7 Å². The molecular weight excluding hydrogens is 280 g/mol. The molecule has 2 N–H and O–H groups in total. The average molecular weight is 302 g/mol. The fourth-order valence-corrected chi connectivity index (χ4v) is 4.24. The Kier molecular flexibility index (Phi) is 3.43. The molecule has 0 aromatic rings. The molecule has 1 saturated heterocycles. The van der Waals surface area contributed by atoms with Crippen LogP contribution in [0.5, 0.6) is 0 Å². The molecule has 0 unspecified atom stereocenters. The Morgan fingerprint density at radius 3 is 2.64 bits per heavy atom. The number of rotatable bonds is 5. The minimum absolute atomic E-state index is 0.155. The number of hydrogen-bond acceptors (Lipinski definition) is 6. The van der Waals surface area contributed by atoms with E-state index in [4.69, 9.17) is 15.2 Å². The summed E-state index contributed by atoms with van der Waals surface area (Å²) >= 11 is 0. The third-order valence-corrected chi connectivity index (χ3v) is 5.33. The van der Waals surface area contributed by atoms with E-state index in [-0.39, 0.29) is 17.9 Å². The summed E-state index contributed by atoms with van der Waals surface area (Å²) in [6.07, 6.45) is 5.00. The smallest absolute Gasteiger partial charge is 0.293 e. The molecule has 6 nitrogen and oxygen atoms in total. The van der Waals surface area contributed by atoms with Gasteiger partial charge in [-0.3, -0.25) is 0 Å². The van der Waals surface area contributed by atoms with Gasteiger partial charge in [-0.2, -0.15) is 10.5 Å². The quantitative estimate of drug-likeness (QED) is 0.783. The third kappa shape index (κ3) is 1.52. The molecular formula is C16H22N4O2. The van der Waals surface area contributed by atoms with Crippen molar-refractivity contribution in [1.82, 2.24) is 0 Å². The number of unbranched alkanes of at least 4 members (excludes halogenated alkanes) is 3. The van der Waals surface area contributed by atoms with Crippen molar-refractivity contribution in [2.75, 3.05) is 6.61 Å². The summed E-state index contributed by atoms with van der Waals surface area (Å²) in [6.45, 7) is 4.39. The number of nitriles is 2. The van der Waals surface area contributed by atoms with Gasteiger partial charge >= 0.3 is 0 Å². The van der Waals surface area contributed by atoms with Crippen LogP contribution in [0.3, 0.4) is 0 Å². The van der Waals surface area contributed by atoms with Crippen LogP contribution in [0.2, 0.25) is 0 Å². The second-order valence-corrected chi connectivity index (χ2v) is 6.56. The van der Waals surface area contributed by atoms with Gasteiger partial charge in [-0.25, -0.2) is 4.99 Å². The summed E-state index contributed by atoms with van der Waals surface area (Å²) in [7, 11) is 0. The molecule has 0 aromatic heterocycles. The molecule has 6 heteroatoms. The summed E-state index contributed by atoms with van der Waals surface area (Å²) in [5, 5.41) is 19.6. The molecule has 5 atom stereocenters. The fourth-order valence-electron chi connectivity index (χ4n) is 4.24. The SMILES string of the molecule is CCCCCC[C@@H]1[C@@]2(C#N)[C@@]3(N=C(N)[C@@]12C#N)OC[C@H](C)O3. The third-order valence-electron chi connectivity index (χ3n) is 5.33. The van der Waals surface area contributed by atoms with Gasteiger partial charge < -0.3 is 15.2 Å². The second-order valence-electron chi connectivity index (χ2n) is 6.56. The summed E-state index contributed by atoms with van der Waals surface area (Å²) in [4.78, 5) is 4.29. The second kappa shape index (κ2) is 4.94. The van der Waals surface area contributed by atoms with Crippen LogP contribution in [0, 0.1) is 39.4 Å². The molecule has 3 aliphatic rings. The van der Waals surface area contributed by atoms with Crippen LogP contribution in [-0.4, -0.2) is 24.5 Å². The first-order valence-corrected chi connectivity index (χ1v) is 8.04. The lowest BCUT2D eigenvalue weighted by Gasteiger charge is -2.26. The van der Waals surface area contributed by atoms with Gasteiger partial charge in [0.25, 0.3) is 5.91 Å². The fraction of sp³-hybridized carbons (Fsp3) is 0.812. The Hall–Kier alpha value is -1.63. The van der Waals surface area contributed by atoms with Crippen LogP contribution in [0.4, 0.5) is 0 Å². The average Bonchev–Trinajstić information content (AvgIpc) is 2.84. The van der Waals surface area contributed by atoms with Crippen molar-refractivity contribution in [2.24, 2.45) is 27.5 Å². The zero-order valence-electron chi connectivity index (χ0n) is 13.1. The number of nitrogens with zero attached hydrogens (tertiary/aromatic N) is 3. The lowest BCUT2D eigenvalue weighted by molar-refractivity contribution is -0.195.